The van der Waals surface area contributed by atoms with Crippen molar-refractivity contribution >= 4 is 23.3 Å². The van der Waals surface area contributed by atoms with Crippen LogP contribution in [0, 0.1) is 0 Å². The molecule has 2 aromatic rings. The molecule has 1 saturated heterocycles. The Balaban J connectivity index is 1.46. The minimum atomic E-state index is -0.320. The van der Waals surface area contributed by atoms with Crippen LogP contribution >= 0.6 is 0 Å². The van der Waals surface area contributed by atoms with E-state index >= 15 is 0 Å². The average molecular weight is 407 g/mol. The van der Waals surface area contributed by atoms with Crippen molar-refractivity contribution in [2.45, 2.75) is 5.92 Å². The number of hydrogen-bond acceptors (Lipinski definition) is 7. The lowest BCUT2D eigenvalue weighted by Gasteiger charge is -2.29. The number of nitrogens with one attached hydrogen (secondary N) is 4. The number of benzene rings is 1. The number of aromatic nitrogens is 2. The van der Waals surface area contributed by atoms with Gasteiger partial charge in [-0.05, 0) is 30.3 Å². The van der Waals surface area contributed by atoms with Crippen molar-refractivity contribution < 1.29 is 9.59 Å². The van der Waals surface area contributed by atoms with Crippen molar-refractivity contribution in [2.24, 2.45) is 0 Å². The molecule has 0 aliphatic carbocycles. The molecule has 9 nitrogen and oxygen atoms in total. The van der Waals surface area contributed by atoms with Crippen LogP contribution in [0.1, 0.15) is 22.0 Å². The van der Waals surface area contributed by atoms with Crippen LogP contribution in [0.2, 0.25) is 0 Å². The quantitative estimate of drug-likeness (QED) is 0.570. The van der Waals surface area contributed by atoms with Gasteiger partial charge in [-0.2, -0.15) is 0 Å². The number of carbonyl (C=O) groups is 2. The van der Waals surface area contributed by atoms with Gasteiger partial charge in [0.2, 0.25) is 0 Å². The van der Waals surface area contributed by atoms with Crippen molar-refractivity contribution in [1.29, 1.82) is 0 Å². The topological polar surface area (TPSA) is 111 Å². The second kappa shape index (κ2) is 8.91. The van der Waals surface area contributed by atoms with Crippen LogP contribution in [-0.4, -0.2) is 61.6 Å². The van der Waals surface area contributed by atoms with E-state index in [1.807, 2.05) is 12.1 Å². The molecule has 4 rings (SSSR count). The zero-order valence-corrected chi connectivity index (χ0v) is 16.8. The first-order valence-electron chi connectivity index (χ1n) is 10.0. The summed E-state index contributed by atoms with van der Waals surface area (Å²) >= 11 is 0. The Kier molecular flexibility index (Phi) is 5.89. The molecule has 0 bridgehead atoms. The molecule has 9 heteroatoms. The van der Waals surface area contributed by atoms with E-state index in [-0.39, 0.29) is 23.4 Å². The molecule has 2 amide bonds. The number of amides is 2. The van der Waals surface area contributed by atoms with Gasteiger partial charge >= 0.3 is 0 Å². The van der Waals surface area contributed by atoms with Gasteiger partial charge in [0.05, 0.1) is 11.9 Å². The molecular formula is C21H25N7O2. The van der Waals surface area contributed by atoms with Gasteiger partial charge in [-0.25, -0.2) is 4.98 Å². The van der Waals surface area contributed by atoms with Crippen LogP contribution in [0.5, 0.6) is 0 Å². The van der Waals surface area contributed by atoms with Crippen molar-refractivity contribution in [3.05, 3.63) is 59.7 Å². The van der Waals surface area contributed by atoms with Crippen LogP contribution in [0.15, 0.2) is 48.4 Å². The third kappa shape index (κ3) is 4.41. The Morgan fingerprint density at radius 3 is 2.67 bits per heavy atom. The molecule has 0 radical (unpaired) electrons. The summed E-state index contributed by atoms with van der Waals surface area (Å²) in [5.74, 6) is -0.157. The first kappa shape index (κ1) is 19.8. The van der Waals surface area contributed by atoms with Crippen molar-refractivity contribution in [1.82, 2.24) is 25.9 Å². The summed E-state index contributed by atoms with van der Waals surface area (Å²) < 4.78 is 0. The Labute approximate surface area is 175 Å². The molecule has 1 atom stereocenters. The van der Waals surface area contributed by atoms with Crippen LogP contribution in [-0.2, 0) is 4.79 Å². The normalized spacial score (nSPS) is 19.0. The molecule has 2 aliphatic heterocycles. The predicted octanol–water partition coefficient (Wildman–Crippen LogP) is 0.455. The van der Waals surface area contributed by atoms with Crippen LogP contribution in [0.25, 0.3) is 0 Å². The van der Waals surface area contributed by atoms with Crippen molar-refractivity contribution in [3.8, 4) is 0 Å². The monoisotopic (exact) mass is 407 g/mol. The van der Waals surface area contributed by atoms with Gasteiger partial charge in [-0.1, -0.05) is 0 Å². The molecule has 3 heterocycles. The van der Waals surface area contributed by atoms with E-state index in [0.29, 0.717) is 23.6 Å². The second-order valence-electron chi connectivity index (χ2n) is 7.21. The van der Waals surface area contributed by atoms with Gasteiger partial charge in [-0.15, -0.1) is 0 Å². The Hall–Kier alpha value is -3.46. The van der Waals surface area contributed by atoms with E-state index in [4.69, 9.17) is 0 Å². The number of rotatable bonds is 5. The first-order valence-corrected chi connectivity index (χ1v) is 10.0. The fourth-order valence-corrected chi connectivity index (χ4v) is 3.54. The number of carbonyl (C=O) groups excluding carboxylic acids is 2. The summed E-state index contributed by atoms with van der Waals surface area (Å²) in [6.07, 6.45) is 5.02. The Morgan fingerprint density at radius 2 is 1.93 bits per heavy atom. The molecule has 0 saturated carbocycles. The van der Waals surface area contributed by atoms with Gasteiger partial charge in [0.15, 0.2) is 0 Å². The van der Waals surface area contributed by atoms with E-state index < -0.39 is 0 Å². The maximum Gasteiger partial charge on any atom is 0.267 e. The second-order valence-corrected chi connectivity index (χ2v) is 7.21. The number of nitrogens with zero attached hydrogens (tertiary/aromatic N) is 3. The molecule has 1 aromatic carbocycles. The summed E-state index contributed by atoms with van der Waals surface area (Å²) in [6, 6.07) is 7.45. The third-order valence-electron chi connectivity index (χ3n) is 5.24. The van der Waals surface area contributed by atoms with Gasteiger partial charge in [0, 0.05) is 63.1 Å². The Morgan fingerprint density at radius 1 is 1.17 bits per heavy atom. The maximum absolute atomic E-state index is 12.7. The molecular weight excluding hydrogens is 382 g/mol. The SMILES string of the molecule is CNc1cncc(C2C=C(NC(=O)c3ccc(N4CCNCC4)cc3)C(=O)NC2)n1. The highest BCUT2D eigenvalue weighted by molar-refractivity contribution is 6.03. The number of anilines is 2. The van der Waals surface area contributed by atoms with Crippen molar-refractivity contribution in [2.75, 3.05) is 50.0 Å². The molecule has 0 spiro atoms. The molecule has 1 unspecified atom stereocenters. The lowest BCUT2D eigenvalue weighted by Crippen LogP contribution is -2.43. The number of hydrogen-bond donors (Lipinski definition) is 4. The Bertz CT molecular complexity index is 952. The number of piperazine rings is 1. The highest BCUT2D eigenvalue weighted by atomic mass is 16.2. The minimum Gasteiger partial charge on any atom is -0.372 e. The van der Waals surface area contributed by atoms with Gasteiger partial charge < -0.3 is 26.2 Å². The first-order chi connectivity index (χ1) is 14.6. The van der Waals surface area contributed by atoms with Crippen LogP contribution in [0.4, 0.5) is 11.5 Å². The molecule has 1 fully saturated rings. The summed E-state index contributed by atoms with van der Waals surface area (Å²) in [6.45, 7) is 4.19. The molecule has 156 valence electrons. The standard InChI is InChI=1S/C21H25N7O2/c1-22-19-13-24-12-18(26-19)15-10-17(21(30)25-11-15)27-20(29)14-2-4-16(5-3-14)28-8-6-23-7-9-28/h2-5,10,12-13,15,23H,6-9,11H2,1H3,(H,22,26)(H,25,30)(H,27,29). The van der Waals surface area contributed by atoms with Gasteiger partial charge in [0.1, 0.15) is 11.5 Å². The summed E-state index contributed by atoms with van der Waals surface area (Å²) in [7, 11) is 1.77. The highest BCUT2D eigenvalue weighted by Gasteiger charge is 2.24. The zero-order valence-electron chi connectivity index (χ0n) is 16.8. The lowest BCUT2D eigenvalue weighted by atomic mass is 10.0. The fraction of sp³-hybridized carbons (Fsp3) is 0.333. The van der Waals surface area contributed by atoms with E-state index in [9.17, 15) is 9.59 Å². The molecule has 2 aliphatic rings. The zero-order chi connectivity index (χ0) is 20.9. The lowest BCUT2D eigenvalue weighted by molar-refractivity contribution is -0.118. The highest BCUT2D eigenvalue weighted by Crippen LogP contribution is 2.20. The summed E-state index contributed by atoms with van der Waals surface area (Å²) in [5, 5.41) is 11.8. The van der Waals surface area contributed by atoms with E-state index in [1.54, 1.807) is 37.7 Å². The third-order valence-corrected chi connectivity index (χ3v) is 5.24. The fourth-order valence-electron chi connectivity index (χ4n) is 3.54. The largest absolute Gasteiger partial charge is 0.372 e. The van der Waals surface area contributed by atoms with Crippen LogP contribution in [0.3, 0.4) is 0 Å². The van der Waals surface area contributed by atoms with Gasteiger partial charge in [0.25, 0.3) is 11.8 Å². The minimum absolute atomic E-state index is 0.172. The van der Waals surface area contributed by atoms with E-state index in [0.717, 1.165) is 31.9 Å². The smallest absolute Gasteiger partial charge is 0.267 e. The van der Waals surface area contributed by atoms with Gasteiger partial charge in [-0.3, -0.25) is 14.6 Å². The summed E-state index contributed by atoms with van der Waals surface area (Å²) in [4.78, 5) is 35.9. The van der Waals surface area contributed by atoms with Crippen molar-refractivity contribution in [3.63, 3.8) is 0 Å². The maximum atomic E-state index is 12.7. The molecule has 1 aromatic heterocycles. The predicted molar refractivity (Wildman–Crippen MR) is 114 cm³/mol. The summed E-state index contributed by atoms with van der Waals surface area (Å²) in [5.41, 5.74) is 2.53. The molecule has 4 N–H and O–H groups in total. The van der Waals surface area contributed by atoms with Crippen LogP contribution < -0.4 is 26.2 Å². The van der Waals surface area contributed by atoms with E-state index in [2.05, 4.69) is 36.1 Å². The average Bonchev–Trinajstić information content (AvgIpc) is 2.81. The van der Waals surface area contributed by atoms with E-state index in [1.165, 1.54) is 0 Å². The molecule has 30 heavy (non-hydrogen) atoms.